The minimum atomic E-state index is -0.0554. The predicted octanol–water partition coefficient (Wildman–Crippen LogP) is 3.19. The maximum absolute atomic E-state index is 12.3. The average molecular weight is 335 g/mol. The Balaban J connectivity index is 2.11. The van der Waals surface area contributed by atoms with Crippen molar-refractivity contribution in [1.29, 1.82) is 0 Å². The Hall–Kier alpha value is -2.21. The third-order valence-corrected chi connectivity index (χ3v) is 4.49. The first-order valence-electron chi connectivity index (χ1n) is 7.20. The lowest BCUT2D eigenvalue weighted by molar-refractivity contribution is -0.121. The fourth-order valence-corrected chi connectivity index (χ4v) is 3.06. The van der Waals surface area contributed by atoms with Crippen LogP contribution in [0.3, 0.4) is 0 Å². The van der Waals surface area contributed by atoms with Gasteiger partial charge in [0.25, 0.3) is 0 Å². The highest BCUT2D eigenvalue weighted by molar-refractivity contribution is 7.10. The molecule has 0 bridgehead atoms. The smallest absolute Gasteiger partial charge is 0.224 e. The number of hydrogen-bond donors (Lipinski definition) is 1. The van der Waals surface area contributed by atoms with E-state index in [9.17, 15) is 4.79 Å². The lowest BCUT2D eigenvalue weighted by Crippen LogP contribution is -2.27. The van der Waals surface area contributed by atoms with Crippen LogP contribution in [-0.4, -0.2) is 27.2 Å². The molecule has 1 atom stereocenters. The molecule has 1 N–H and O–H groups in total. The number of methoxy groups -OCH3 is 3. The standard InChI is InChI=1S/C17H21NO4S/c1-11(15-6-5-7-23-15)18-16(19)10-12-8-13(20-2)17(22-4)14(9-12)21-3/h5-9,11H,10H2,1-4H3,(H,18,19)/t11-/m1/s1. The van der Waals surface area contributed by atoms with Crippen LogP contribution >= 0.6 is 11.3 Å². The van der Waals surface area contributed by atoms with Crippen LogP contribution in [0.1, 0.15) is 23.4 Å². The van der Waals surface area contributed by atoms with Crippen molar-refractivity contribution in [2.75, 3.05) is 21.3 Å². The number of carbonyl (C=O) groups is 1. The van der Waals surface area contributed by atoms with Gasteiger partial charge in [-0.1, -0.05) is 6.07 Å². The second-order valence-electron chi connectivity index (χ2n) is 5.01. The number of hydrogen-bond acceptors (Lipinski definition) is 5. The highest BCUT2D eigenvalue weighted by Crippen LogP contribution is 2.38. The third kappa shape index (κ3) is 4.16. The SMILES string of the molecule is COc1cc(CC(=O)N[C@H](C)c2cccs2)cc(OC)c1OC. The summed E-state index contributed by atoms with van der Waals surface area (Å²) in [4.78, 5) is 13.4. The first-order chi connectivity index (χ1) is 11.1. The molecule has 1 aromatic carbocycles. The van der Waals surface area contributed by atoms with Gasteiger partial charge >= 0.3 is 0 Å². The summed E-state index contributed by atoms with van der Waals surface area (Å²) in [5.41, 5.74) is 0.801. The fourth-order valence-electron chi connectivity index (χ4n) is 2.32. The van der Waals surface area contributed by atoms with E-state index in [1.54, 1.807) is 44.8 Å². The van der Waals surface area contributed by atoms with E-state index in [1.807, 2.05) is 24.4 Å². The lowest BCUT2D eigenvalue weighted by Gasteiger charge is -2.15. The molecule has 23 heavy (non-hydrogen) atoms. The van der Waals surface area contributed by atoms with Crippen LogP contribution in [0.15, 0.2) is 29.6 Å². The van der Waals surface area contributed by atoms with E-state index >= 15 is 0 Å². The zero-order chi connectivity index (χ0) is 16.8. The van der Waals surface area contributed by atoms with Crippen LogP contribution in [0.5, 0.6) is 17.2 Å². The molecule has 1 aromatic heterocycles. The first kappa shape index (κ1) is 17.1. The van der Waals surface area contributed by atoms with E-state index in [0.717, 1.165) is 10.4 Å². The van der Waals surface area contributed by atoms with Crippen molar-refractivity contribution in [1.82, 2.24) is 5.32 Å². The summed E-state index contributed by atoms with van der Waals surface area (Å²) in [6.07, 6.45) is 0.242. The maximum Gasteiger partial charge on any atom is 0.224 e. The minimum Gasteiger partial charge on any atom is -0.493 e. The van der Waals surface area contributed by atoms with E-state index in [1.165, 1.54) is 0 Å². The molecule has 2 rings (SSSR count). The fraction of sp³-hybridized carbons (Fsp3) is 0.353. The Bertz CT molecular complexity index is 630. The first-order valence-corrected chi connectivity index (χ1v) is 8.08. The van der Waals surface area contributed by atoms with Crippen molar-refractivity contribution < 1.29 is 19.0 Å². The summed E-state index contributed by atoms with van der Waals surface area (Å²) in [6.45, 7) is 1.97. The van der Waals surface area contributed by atoms with Crippen LogP contribution in [0.25, 0.3) is 0 Å². The molecule has 124 valence electrons. The summed E-state index contributed by atoms with van der Waals surface area (Å²) in [5, 5.41) is 4.99. The molecule has 2 aromatic rings. The van der Waals surface area contributed by atoms with Gasteiger partial charge in [-0.25, -0.2) is 0 Å². The summed E-state index contributed by atoms with van der Waals surface area (Å²) in [6, 6.07) is 7.55. The van der Waals surface area contributed by atoms with Crippen LogP contribution in [0, 0.1) is 0 Å². The maximum atomic E-state index is 12.3. The van der Waals surface area contributed by atoms with E-state index < -0.39 is 0 Å². The number of nitrogens with one attached hydrogen (secondary N) is 1. The Labute approximate surface area is 140 Å². The molecule has 0 fully saturated rings. The number of benzene rings is 1. The summed E-state index contributed by atoms with van der Waals surface area (Å²) in [5.74, 6) is 1.55. The Morgan fingerprint density at radius 1 is 1.17 bits per heavy atom. The van der Waals surface area contributed by atoms with Gasteiger partial charge in [0.2, 0.25) is 11.7 Å². The number of rotatable bonds is 7. The van der Waals surface area contributed by atoms with E-state index in [-0.39, 0.29) is 18.4 Å². The molecule has 6 heteroatoms. The van der Waals surface area contributed by atoms with Crippen molar-refractivity contribution >= 4 is 17.2 Å². The molecule has 0 saturated carbocycles. The van der Waals surface area contributed by atoms with Crippen LogP contribution in [-0.2, 0) is 11.2 Å². The van der Waals surface area contributed by atoms with Gasteiger partial charge in [-0.3, -0.25) is 4.79 Å². The van der Waals surface area contributed by atoms with Crippen molar-refractivity contribution in [3.8, 4) is 17.2 Å². The molecule has 0 saturated heterocycles. The molecular formula is C17H21NO4S. The van der Waals surface area contributed by atoms with Gasteiger partial charge in [-0.15, -0.1) is 11.3 Å². The van der Waals surface area contributed by atoms with Gasteiger partial charge in [0.05, 0.1) is 33.8 Å². The number of amides is 1. The Morgan fingerprint density at radius 2 is 1.83 bits per heavy atom. The zero-order valence-electron chi connectivity index (χ0n) is 13.7. The summed E-state index contributed by atoms with van der Waals surface area (Å²) in [7, 11) is 4.66. The van der Waals surface area contributed by atoms with Crippen molar-refractivity contribution in [2.24, 2.45) is 0 Å². The zero-order valence-corrected chi connectivity index (χ0v) is 14.5. The van der Waals surface area contributed by atoms with Gasteiger partial charge < -0.3 is 19.5 Å². The second-order valence-corrected chi connectivity index (χ2v) is 5.99. The van der Waals surface area contributed by atoms with Crippen LogP contribution in [0.2, 0.25) is 0 Å². The molecule has 1 heterocycles. The van der Waals surface area contributed by atoms with Crippen LogP contribution < -0.4 is 19.5 Å². The monoisotopic (exact) mass is 335 g/mol. The molecule has 0 aliphatic carbocycles. The molecule has 0 aliphatic rings. The molecule has 0 spiro atoms. The summed E-state index contributed by atoms with van der Waals surface area (Å²) >= 11 is 1.63. The molecule has 0 aliphatic heterocycles. The summed E-state index contributed by atoms with van der Waals surface area (Å²) < 4.78 is 15.9. The number of ether oxygens (including phenoxy) is 3. The molecule has 5 nitrogen and oxygen atoms in total. The number of carbonyl (C=O) groups excluding carboxylic acids is 1. The van der Waals surface area contributed by atoms with Gasteiger partial charge in [-0.2, -0.15) is 0 Å². The van der Waals surface area contributed by atoms with E-state index in [0.29, 0.717) is 17.2 Å². The lowest BCUT2D eigenvalue weighted by atomic mass is 10.1. The largest absolute Gasteiger partial charge is 0.493 e. The van der Waals surface area contributed by atoms with Crippen molar-refractivity contribution in [3.63, 3.8) is 0 Å². The second kappa shape index (κ2) is 7.87. The van der Waals surface area contributed by atoms with Gasteiger partial charge in [0.1, 0.15) is 0 Å². The van der Waals surface area contributed by atoms with Gasteiger partial charge in [0, 0.05) is 4.88 Å². The topological polar surface area (TPSA) is 56.8 Å². The van der Waals surface area contributed by atoms with Crippen molar-refractivity contribution in [3.05, 3.63) is 40.1 Å². The Kier molecular flexibility index (Phi) is 5.87. The highest BCUT2D eigenvalue weighted by atomic mass is 32.1. The molecule has 0 radical (unpaired) electrons. The normalized spacial score (nSPS) is 11.7. The Morgan fingerprint density at radius 3 is 2.30 bits per heavy atom. The number of thiophene rings is 1. The van der Waals surface area contributed by atoms with Crippen molar-refractivity contribution in [2.45, 2.75) is 19.4 Å². The minimum absolute atomic E-state index is 0.00969. The predicted molar refractivity (Wildman–Crippen MR) is 90.7 cm³/mol. The third-order valence-electron chi connectivity index (χ3n) is 3.44. The van der Waals surface area contributed by atoms with E-state index in [4.69, 9.17) is 14.2 Å². The van der Waals surface area contributed by atoms with E-state index in [2.05, 4.69) is 5.32 Å². The average Bonchev–Trinajstić information content (AvgIpc) is 3.08. The van der Waals surface area contributed by atoms with Gasteiger partial charge in [0.15, 0.2) is 11.5 Å². The molecule has 1 amide bonds. The van der Waals surface area contributed by atoms with Gasteiger partial charge in [-0.05, 0) is 36.1 Å². The van der Waals surface area contributed by atoms with Crippen LogP contribution in [0.4, 0.5) is 0 Å². The molecular weight excluding hydrogens is 314 g/mol. The highest BCUT2D eigenvalue weighted by Gasteiger charge is 2.16. The quantitative estimate of drug-likeness (QED) is 0.844. The molecule has 0 unspecified atom stereocenters.